The minimum atomic E-state index is -3.71. The number of fused-ring (bicyclic) bond motifs is 1. The zero-order valence-electron chi connectivity index (χ0n) is 25.5. The van der Waals surface area contributed by atoms with Crippen LogP contribution >= 0.6 is 11.6 Å². The maximum absolute atomic E-state index is 13.7. The molecule has 0 bridgehead atoms. The van der Waals surface area contributed by atoms with Crippen LogP contribution < -0.4 is 4.90 Å². The number of carbonyl (C=O) groups excluding carboxylic acids is 2. The van der Waals surface area contributed by atoms with Gasteiger partial charge in [-0.15, -0.1) is 0 Å². The van der Waals surface area contributed by atoms with Gasteiger partial charge in [0.1, 0.15) is 5.60 Å². The quantitative estimate of drug-likeness (QED) is 0.299. The Hall–Kier alpha value is -3.37. The number of aryl methyl sites for hydroxylation is 1. The molecule has 232 valence electrons. The van der Waals surface area contributed by atoms with Gasteiger partial charge in [-0.3, -0.25) is 9.78 Å². The number of piperidine rings is 1. The minimum absolute atomic E-state index is 0.0770. The Balaban J connectivity index is 1.45. The average molecular weight is 629 g/mol. The summed E-state index contributed by atoms with van der Waals surface area (Å²) in [5.74, 6) is -0.551. The summed E-state index contributed by atoms with van der Waals surface area (Å²) < 4.78 is 32.0. The van der Waals surface area contributed by atoms with E-state index in [0.29, 0.717) is 5.02 Å². The Bertz CT molecular complexity index is 1570. The van der Waals surface area contributed by atoms with Crippen molar-refractivity contribution in [3.05, 3.63) is 65.4 Å². The summed E-state index contributed by atoms with van der Waals surface area (Å²) in [5, 5.41) is 2.18. The van der Waals surface area contributed by atoms with Crippen molar-refractivity contribution in [3.63, 3.8) is 0 Å². The second-order valence-electron chi connectivity index (χ2n) is 12.1. The molecule has 0 saturated carbocycles. The largest absolute Gasteiger partial charge is 0.444 e. The fraction of sp³-hybridized carbons (Fsp3) is 0.469. The number of aromatic nitrogens is 1. The second-order valence-corrected chi connectivity index (χ2v) is 14.6. The zero-order chi connectivity index (χ0) is 31.4. The number of amides is 2. The molecule has 2 aromatic carbocycles. The summed E-state index contributed by atoms with van der Waals surface area (Å²) >= 11 is 6.07. The van der Waals surface area contributed by atoms with E-state index in [9.17, 15) is 18.0 Å². The van der Waals surface area contributed by atoms with E-state index < -0.39 is 21.5 Å². The molecule has 1 fully saturated rings. The third kappa shape index (κ3) is 8.83. The summed E-state index contributed by atoms with van der Waals surface area (Å²) in [6, 6.07) is 14.1. The molecular formula is C32H41ClN4O5S. The third-order valence-electron chi connectivity index (χ3n) is 7.57. The lowest BCUT2D eigenvalue weighted by Crippen LogP contribution is -2.50. The lowest BCUT2D eigenvalue weighted by atomic mass is 10.0. The number of likely N-dealkylation sites (N-methyl/N-ethyl adjacent to an activating group) is 1. The number of nitrogens with zero attached hydrogens (tertiary/aromatic N) is 4. The Morgan fingerprint density at radius 1 is 1.02 bits per heavy atom. The number of pyridine rings is 1. The fourth-order valence-corrected chi connectivity index (χ4v) is 6.68. The molecule has 0 N–H and O–H groups in total. The van der Waals surface area contributed by atoms with Gasteiger partial charge in [0.15, 0.2) is 9.84 Å². The van der Waals surface area contributed by atoms with Crippen LogP contribution in [0.25, 0.3) is 10.8 Å². The zero-order valence-corrected chi connectivity index (χ0v) is 27.1. The van der Waals surface area contributed by atoms with E-state index in [1.807, 2.05) is 19.1 Å². The highest BCUT2D eigenvalue weighted by Gasteiger charge is 2.30. The van der Waals surface area contributed by atoms with Crippen molar-refractivity contribution >= 4 is 49.9 Å². The van der Waals surface area contributed by atoms with Crippen molar-refractivity contribution in [1.82, 2.24) is 14.8 Å². The first-order valence-corrected chi connectivity index (χ1v) is 16.6. The highest BCUT2D eigenvalue weighted by molar-refractivity contribution is 7.91. The number of hydrogen-bond donors (Lipinski definition) is 0. The summed E-state index contributed by atoms with van der Waals surface area (Å²) in [4.78, 5) is 36.2. The summed E-state index contributed by atoms with van der Waals surface area (Å²) in [6.07, 6.45) is 2.63. The topological polar surface area (TPSA) is 100 Å². The lowest BCUT2D eigenvalue weighted by Gasteiger charge is -2.40. The Labute approximate surface area is 259 Å². The van der Waals surface area contributed by atoms with Crippen LogP contribution in [0.15, 0.2) is 59.6 Å². The van der Waals surface area contributed by atoms with Gasteiger partial charge in [-0.05, 0) is 87.7 Å². The number of hydrogen-bond acceptors (Lipinski definition) is 7. The van der Waals surface area contributed by atoms with E-state index in [4.69, 9.17) is 16.3 Å². The van der Waals surface area contributed by atoms with Gasteiger partial charge in [-0.2, -0.15) is 0 Å². The molecule has 0 unspecified atom stereocenters. The van der Waals surface area contributed by atoms with Crippen LogP contribution in [0.1, 0.15) is 45.7 Å². The molecule has 0 atom stereocenters. The van der Waals surface area contributed by atoms with E-state index in [1.165, 1.54) is 4.90 Å². The normalized spacial score (nSPS) is 14.5. The lowest BCUT2D eigenvalue weighted by molar-refractivity contribution is -0.133. The van der Waals surface area contributed by atoms with Gasteiger partial charge >= 0.3 is 6.09 Å². The minimum Gasteiger partial charge on any atom is -0.444 e. The molecule has 1 aromatic heterocycles. The number of carbonyl (C=O) groups is 2. The number of anilines is 1. The fourth-order valence-electron chi connectivity index (χ4n) is 5.23. The van der Waals surface area contributed by atoms with E-state index in [1.54, 1.807) is 75.3 Å². The highest BCUT2D eigenvalue weighted by Crippen LogP contribution is 2.26. The van der Waals surface area contributed by atoms with Crippen molar-refractivity contribution < 1.29 is 22.7 Å². The van der Waals surface area contributed by atoms with E-state index in [-0.39, 0.29) is 42.1 Å². The first kappa shape index (κ1) is 32.5. The standard InChI is InChI=1S/C32H41ClN4O5S/c1-23-20-28(10-14-34-23)36-15-11-27(12-16-36)37(18-17-35(5)31(39)42-32(2,3)4)30(38)13-19-43(40,41)29-9-7-24-21-26(33)8-6-25(24)22-29/h6-10,14,20-22,27H,11-13,15-19H2,1-5H3. The highest BCUT2D eigenvalue weighted by atomic mass is 35.5. The van der Waals surface area contributed by atoms with E-state index in [2.05, 4.69) is 9.88 Å². The molecule has 0 spiro atoms. The number of sulfone groups is 1. The van der Waals surface area contributed by atoms with Crippen molar-refractivity contribution in [2.45, 2.75) is 63.5 Å². The van der Waals surface area contributed by atoms with Crippen molar-refractivity contribution in [2.24, 2.45) is 0 Å². The Morgan fingerprint density at radius 3 is 2.37 bits per heavy atom. The summed E-state index contributed by atoms with van der Waals surface area (Å²) in [5.41, 5.74) is 1.40. The van der Waals surface area contributed by atoms with Crippen molar-refractivity contribution in [2.75, 3.05) is 43.9 Å². The molecule has 4 rings (SSSR count). The molecule has 43 heavy (non-hydrogen) atoms. The van der Waals surface area contributed by atoms with Crippen molar-refractivity contribution in [3.8, 4) is 0 Å². The molecule has 0 aliphatic carbocycles. The molecule has 2 amide bonds. The van der Waals surface area contributed by atoms with Crippen LogP contribution in [0, 0.1) is 6.92 Å². The van der Waals surface area contributed by atoms with Gasteiger partial charge in [0.25, 0.3) is 0 Å². The predicted molar refractivity (Wildman–Crippen MR) is 170 cm³/mol. The first-order chi connectivity index (χ1) is 20.2. The van der Waals surface area contributed by atoms with Gasteiger partial charge in [0, 0.05) is 68.3 Å². The number of benzene rings is 2. The maximum atomic E-state index is 13.7. The van der Waals surface area contributed by atoms with Crippen LogP contribution in [-0.2, 0) is 19.4 Å². The molecule has 2 heterocycles. The monoisotopic (exact) mass is 628 g/mol. The second kappa shape index (κ2) is 13.5. The van der Waals surface area contributed by atoms with Crippen LogP contribution in [0.2, 0.25) is 5.02 Å². The number of ether oxygens (including phenoxy) is 1. The van der Waals surface area contributed by atoms with E-state index >= 15 is 0 Å². The molecule has 11 heteroatoms. The average Bonchev–Trinajstić information content (AvgIpc) is 2.95. The maximum Gasteiger partial charge on any atom is 0.410 e. The third-order valence-corrected chi connectivity index (χ3v) is 9.52. The van der Waals surface area contributed by atoms with Gasteiger partial charge in [0.2, 0.25) is 5.91 Å². The van der Waals surface area contributed by atoms with Gasteiger partial charge in [0.05, 0.1) is 10.6 Å². The summed E-state index contributed by atoms with van der Waals surface area (Å²) in [7, 11) is -2.07. The molecule has 3 aromatic rings. The van der Waals surface area contributed by atoms with Crippen molar-refractivity contribution in [1.29, 1.82) is 0 Å². The smallest absolute Gasteiger partial charge is 0.410 e. The molecule has 1 aliphatic heterocycles. The van der Waals surface area contributed by atoms with Gasteiger partial charge < -0.3 is 19.4 Å². The molecular weight excluding hydrogens is 588 g/mol. The SMILES string of the molecule is Cc1cc(N2CCC(N(CCN(C)C(=O)OC(C)(C)C)C(=O)CCS(=O)(=O)c3ccc4cc(Cl)ccc4c3)CC2)ccn1. The Morgan fingerprint density at radius 2 is 1.70 bits per heavy atom. The van der Waals surface area contributed by atoms with Crippen LogP contribution in [0.5, 0.6) is 0 Å². The number of rotatable bonds is 9. The summed E-state index contributed by atoms with van der Waals surface area (Å²) in [6.45, 7) is 9.42. The van der Waals surface area contributed by atoms with Crippen LogP contribution in [-0.4, -0.2) is 85.8 Å². The van der Waals surface area contributed by atoms with Gasteiger partial charge in [-0.1, -0.05) is 23.7 Å². The molecule has 1 aliphatic rings. The first-order valence-electron chi connectivity index (χ1n) is 14.6. The Kier molecular flexibility index (Phi) is 10.2. The molecule has 1 saturated heterocycles. The molecule has 9 nitrogen and oxygen atoms in total. The van der Waals surface area contributed by atoms with Gasteiger partial charge in [-0.25, -0.2) is 13.2 Å². The van der Waals surface area contributed by atoms with E-state index in [0.717, 1.165) is 48.1 Å². The van der Waals surface area contributed by atoms with Crippen LogP contribution in [0.3, 0.4) is 0 Å². The number of halogens is 1. The van der Waals surface area contributed by atoms with Crippen LogP contribution in [0.4, 0.5) is 10.5 Å². The molecule has 0 radical (unpaired) electrons. The predicted octanol–water partition coefficient (Wildman–Crippen LogP) is 5.72.